The molecule has 0 aliphatic carbocycles. The van der Waals surface area contributed by atoms with Gasteiger partial charge in [0.2, 0.25) is 0 Å². The van der Waals surface area contributed by atoms with Gasteiger partial charge in [-0.3, -0.25) is 9.52 Å². The molecule has 0 saturated carbocycles. The molecule has 0 spiro atoms. The third-order valence-corrected chi connectivity index (χ3v) is 6.02. The number of carbonyl (C=O) groups is 1. The van der Waals surface area contributed by atoms with E-state index >= 15 is 0 Å². The summed E-state index contributed by atoms with van der Waals surface area (Å²) in [4.78, 5) is 12.7. The van der Waals surface area contributed by atoms with Crippen LogP contribution in [0.4, 0.5) is 5.69 Å². The molecular weight excluding hydrogens is 412 g/mol. The number of sulfonamides is 1. The van der Waals surface area contributed by atoms with Gasteiger partial charge in [-0.2, -0.15) is 0 Å². The Kier molecular flexibility index (Phi) is 6.97. The van der Waals surface area contributed by atoms with E-state index in [1.54, 1.807) is 30.3 Å². The van der Waals surface area contributed by atoms with Gasteiger partial charge in [-0.15, -0.1) is 0 Å². The van der Waals surface area contributed by atoms with Crippen LogP contribution in [0.2, 0.25) is 0 Å². The van der Waals surface area contributed by atoms with Crippen molar-refractivity contribution in [3.05, 3.63) is 89.5 Å². The predicted molar refractivity (Wildman–Crippen MR) is 122 cm³/mol. The van der Waals surface area contributed by atoms with Crippen molar-refractivity contribution >= 4 is 21.6 Å². The third kappa shape index (κ3) is 6.08. The Labute approximate surface area is 183 Å². The molecule has 0 bridgehead atoms. The number of benzene rings is 3. The van der Waals surface area contributed by atoms with E-state index in [2.05, 4.69) is 10.0 Å². The Morgan fingerprint density at radius 2 is 1.71 bits per heavy atom. The first kappa shape index (κ1) is 22.4. The molecule has 162 valence electrons. The van der Waals surface area contributed by atoms with Crippen molar-refractivity contribution < 1.29 is 17.9 Å². The molecule has 31 heavy (non-hydrogen) atoms. The van der Waals surface area contributed by atoms with E-state index in [0.717, 1.165) is 16.9 Å². The first-order valence-electron chi connectivity index (χ1n) is 9.93. The molecule has 1 unspecified atom stereocenters. The second kappa shape index (κ2) is 9.66. The molecule has 2 N–H and O–H groups in total. The first-order chi connectivity index (χ1) is 14.7. The summed E-state index contributed by atoms with van der Waals surface area (Å²) in [6.45, 7) is 5.96. The maximum atomic E-state index is 12.7. The summed E-state index contributed by atoms with van der Waals surface area (Å²) < 4.78 is 33.8. The number of para-hydroxylation sites is 1. The van der Waals surface area contributed by atoms with Crippen LogP contribution >= 0.6 is 0 Å². The molecule has 6 nitrogen and oxygen atoms in total. The van der Waals surface area contributed by atoms with E-state index in [1.165, 1.54) is 12.1 Å². The summed E-state index contributed by atoms with van der Waals surface area (Å²) in [5.41, 5.74) is 2.68. The number of carbonyl (C=O) groups excluding carboxylic acids is 1. The lowest BCUT2D eigenvalue weighted by Crippen LogP contribution is -2.36. The van der Waals surface area contributed by atoms with E-state index in [9.17, 15) is 13.2 Å². The van der Waals surface area contributed by atoms with Gasteiger partial charge in [0.15, 0.2) is 0 Å². The molecule has 3 rings (SSSR count). The van der Waals surface area contributed by atoms with Crippen LogP contribution in [-0.4, -0.2) is 27.0 Å². The minimum Gasteiger partial charge on any atom is -0.491 e. The first-order valence-corrected chi connectivity index (χ1v) is 11.4. The van der Waals surface area contributed by atoms with Crippen LogP contribution in [0, 0.1) is 13.8 Å². The fourth-order valence-electron chi connectivity index (χ4n) is 3.01. The van der Waals surface area contributed by atoms with Gasteiger partial charge in [-0.1, -0.05) is 36.4 Å². The number of nitrogens with one attached hydrogen (secondary N) is 2. The fourth-order valence-corrected chi connectivity index (χ4v) is 4.10. The van der Waals surface area contributed by atoms with E-state index in [0.29, 0.717) is 12.3 Å². The number of rotatable bonds is 8. The molecule has 1 amide bonds. The number of hydrogen-bond acceptors (Lipinski definition) is 4. The van der Waals surface area contributed by atoms with Crippen molar-refractivity contribution in [3.8, 4) is 5.75 Å². The lowest BCUT2D eigenvalue weighted by molar-refractivity contribution is 0.0926. The van der Waals surface area contributed by atoms with Crippen LogP contribution in [0.15, 0.2) is 77.7 Å². The molecule has 1 atom stereocenters. The van der Waals surface area contributed by atoms with Crippen LogP contribution in [-0.2, 0) is 10.0 Å². The topological polar surface area (TPSA) is 84.5 Å². The minimum absolute atomic E-state index is 0.0190. The van der Waals surface area contributed by atoms with Crippen molar-refractivity contribution in [2.24, 2.45) is 0 Å². The fraction of sp³-hybridized carbons (Fsp3) is 0.208. The Balaban J connectivity index is 1.66. The van der Waals surface area contributed by atoms with Crippen molar-refractivity contribution in [2.45, 2.75) is 31.7 Å². The van der Waals surface area contributed by atoms with Crippen molar-refractivity contribution in [3.63, 3.8) is 0 Å². The highest BCUT2D eigenvalue weighted by atomic mass is 32.2. The summed E-state index contributed by atoms with van der Waals surface area (Å²) in [6.07, 6.45) is 0. The molecule has 0 aliphatic rings. The second-order valence-corrected chi connectivity index (χ2v) is 9.14. The number of anilines is 1. The number of amides is 1. The zero-order chi connectivity index (χ0) is 22.4. The molecule has 0 aliphatic heterocycles. The monoisotopic (exact) mass is 438 g/mol. The quantitative estimate of drug-likeness (QED) is 0.549. The summed E-state index contributed by atoms with van der Waals surface area (Å²) in [7, 11) is -3.82. The van der Waals surface area contributed by atoms with Gasteiger partial charge in [-0.25, -0.2) is 8.42 Å². The number of aryl methyl sites for hydroxylation is 2. The Morgan fingerprint density at radius 3 is 2.45 bits per heavy atom. The van der Waals surface area contributed by atoms with Crippen LogP contribution in [0.5, 0.6) is 5.75 Å². The van der Waals surface area contributed by atoms with Crippen LogP contribution < -0.4 is 14.8 Å². The normalized spacial score (nSPS) is 12.1. The van der Waals surface area contributed by atoms with E-state index < -0.39 is 10.0 Å². The van der Waals surface area contributed by atoms with Gasteiger partial charge < -0.3 is 10.1 Å². The van der Waals surface area contributed by atoms with Crippen molar-refractivity contribution in [1.29, 1.82) is 0 Å². The highest BCUT2D eigenvalue weighted by Gasteiger charge is 2.18. The molecule has 0 aromatic heterocycles. The Morgan fingerprint density at radius 1 is 0.968 bits per heavy atom. The SMILES string of the molecule is Cc1cccc(NS(=O)(=O)c2cccc(C(=O)NC(C)COc3ccccc3C)c2)c1. The number of ether oxygens (including phenoxy) is 1. The number of hydrogen-bond donors (Lipinski definition) is 2. The average Bonchev–Trinajstić information content (AvgIpc) is 2.73. The molecule has 7 heteroatoms. The minimum atomic E-state index is -3.82. The average molecular weight is 439 g/mol. The highest BCUT2D eigenvalue weighted by Crippen LogP contribution is 2.19. The summed E-state index contributed by atoms with van der Waals surface area (Å²) in [6, 6.07) is 20.4. The Hall–Kier alpha value is -3.32. The van der Waals surface area contributed by atoms with Crippen molar-refractivity contribution in [2.75, 3.05) is 11.3 Å². The predicted octanol–water partition coefficient (Wildman–Crippen LogP) is 4.30. The van der Waals surface area contributed by atoms with Crippen LogP contribution in [0.1, 0.15) is 28.4 Å². The van der Waals surface area contributed by atoms with Gasteiger partial charge in [0.1, 0.15) is 12.4 Å². The van der Waals surface area contributed by atoms with Gasteiger partial charge >= 0.3 is 0 Å². The van der Waals surface area contributed by atoms with Gasteiger partial charge in [0, 0.05) is 11.3 Å². The molecule has 0 saturated heterocycles. The molecule has 0 fully saturated rings. The standard InChI is InChI=1S/C24H26N2O4S/c1-17-8-6-11-21(14-17)26-31(28,29)22-12-7-10-20(15-22)24(27)25-19(3)16-30-23-13-5-4-9-18(23)2/h4-15,19,26H,16H2,1-3H3,(H,25,27). The lowest BCUT2D eigenvalue weighted by Gasteiger charge is -2.16. The second-order valence-electron chi connectivity index (χ2n) is 7.45. The van der Waals surface area contributed by atoms with E-state index in [4.69, 9.17) is 4.74 Å². The molecular formula is C24H26N2O4S. The molecule has 0 radical (unpaired) electrons. The Bertz CT molecular complexity index is 1180. The molecule has 3 aromatic carbocycles. The molecule has 3 aromatic rings. The largest absolute Gasteiger partial charge is 0.491 e. The molecule has 0 heterocycles. The summed E-state index contributed by atoms with van der Waals surface area (Å²) in [5.74, 6) is 0.396. The van der Waals surface area contributed by atoms with Gasteiger partial charge in [-0.05, 0) is 68.3 Å². The smallest absolute Gasteiger partial charge is 0.261 e. The zero-order valence-corrected chi connectivity index (χ0v) is 18.6. The van der Waals surface area contributed by atoms with Gasteiger partial charge in [0.05, 0.1) is 10.9 Å². The van der Waals surface area contributed by atoms with Crippen molar-refractivity contribution in [1.82, 2.24) is 5.32 Å². The van der Waals surface area contributed by atoms with E-state index in [-0.39, 0.29) is 22.4 Å². The van der Waals surface area contributed by atoms with Crippen LogP contribution in [0.3, 0.4) is 0 Å². The van der Waals surface area contributed by atoms with Crippen LogP contribution in [0.25, 0.3) is 0 Å². The van der Waals surface area contributed by atoms with Gasteiger partial charge in [0.25, 0.3) is 15.9 Å². The maximum absolute atomic E-state index is 12.7. The summed E-state index contributed by atoms with van der Waals surface area (Å²) in [5, 5.41) is 2.84. The maximum Gasteiger partial charge on any atom is 0.261 e. The van der Waals surface area contributed by atoms with E-state index in [1.807, 2.05) is 51.1 Å². The summed E-state index contributed by atoms with van der Waals surface area (Å²) >= 11 is 0. The zero-order valence-electron chi connectivity index (χ0n) is 17.8. The highest BCUT2D eigenvalue weighted by molar-refractivity contribution is 7.92. The third-order valence-electron chi connectivity index (χ3n) is 4.64. The lowest BCUT2D eigenvalue weighted by atomic mass is 10.2.